The molecule has 94 valence electrons. The van der Waals surface area contributed by atoms with Crippen molar-refractivity contribution in [3.05, 3.63) is 47.2 Å². The van der Waals surface area contributed by atoms with Gasteiger partial charge in [0.1, 0.15) is 4.90 Å². The maximum atomic E-state index is 12.2. The summed E-state index contributed by atoms with van der Waals surface area (Å²) < 4.78 is 17.2. The Hall–Kier alpha value is -1.46. The molecule has 0 aliphatic rings. The summed E-state index contributed by atoms with van der Waals surface area (Å²) in [7, 11) is -1.92. The molecule has 3 nitrogen and oxygen atoms in total. The summed E-state index contributed by atoms with van der Waals surface area (Å²) in [5, 5.41) is 3.20. The molecule has 0 aliphatic carbocycles. The van der Waals surface area contributed by atoms with Crippen LogP contribution >= 0.6 is 10.5 Å². The van der Waals surface area contributed by atoms with Crippen LogP contribution in [-0.2, 0) is 15.5 Å². The van der Waals surface area contributed by atoms with Crippen LogP contribution in [0.3, 0.4) is 0 Å². The van der Waals surface area contributed by atoms with Crippen LogP contribution in [0.1, 0.15) is 6.92 Å². The number of hydrogen-bond acceptors (Lipinski definition) is 3. The zero-order chi connectivity index (χ0) is 13.0. The van der Waals surface area contributed by atoms with Crippen LogP contribution in [0, 0.1) is 0 Å². The molecular formula is C13H13O3S2+. The highest BCUT2D eigenvalue weighted by Gasteiger charge is 2.22. The van der Waals surface area contributed by atoms with Crippen LogP contribution in [0.4, 0.5) is 4.79 Å². The smallest absolute Gasteiger partial charge is 0.422 e. The first-order valence-corrected chi connectivity index (χ1v) is 7.98. The van der Waals surface area contributed by atoms with Gasteiger partial charge in [-0.1, -0.05) is 18.2 Å². The van der Waals surface area contributed by atoms with Gasteiger partial charge in [-0.15, -0.1) is 0 Å². The molecule has 1 aromatic carbocycles. The summed E-state index contributed by atoms with van der Waals surface area (Å²) in [6.07, 6.45) is 0. The predicted molar refractivity (Wildman–Crippen MR) is 72.5 cm³/mol. The average Bonchev–Trinajstić information content (AvgIpc) is 2.89. The highest BCUT2D eigenvalue weighted by molar-refractivity contribution is 7.85. The fourth-order valence-corrected chi connectivity index (χ4v) is 4.20. The summed E-state index contributed by atoms with van der Waals surface area (Å²) in [5.41, 5.74) is 0. The Balaban J connectivity index is 2.20. The molecule has 0 amide bonds. The Labute approximate surface area is 111 Å². The summed E-state index contributed by atoms with van der Waals surface area (Å²) in [5.74, 6) is 0. The molecule has 0 spiro atoms. The maximum absolute atomic E-state index is 12.2. The number of rotatable bonds is 4. The zero-order valence-corrected chi connectivity index (χ0v) is 11.5. The van der Waals surface area contributed by atoms with Gasteiger partial charge in [0.2, 0.25) is 0 Å². The average molecular weight is 281 g/mol. The Morgan fingerprint density at radius 3 is 2.61 bits per heavy atom. The number of hydrogen-bond donors (Lipinski definition) is 0. The second kappa shape index (κ2) is 5.93. The monoisotopic (exact) mass is 281 g/mol. The second-order valence-electron chi connectivity index (χ2n) is 3.46. The molecule has 2 rings (SSSR count). The van der Waals surface area contributed by atoms with Crippen molar-refractivity contribution in [3.63, 3.8) is 0 Å². The van der Waals surface area contributed by atoms with E-state index in [2.05, 4.69) is 0 Å². The minimum atomic E-state index is -1.23. The van der Waals surface area contributed by atoms with E-state index in [0.29, 0.717) is 11.5 Å². The van der Waals surface area contributed by atoms with Crippen molar-refractivity contribution in [2.75, 3.05) is 6.61 Å². The molecule has 2 atom stereocenters. The van der Waals surface area contributed by atoms with E-state index in [1.807, 2.05) is 30.3 Å². The summed E-state index contributed by atoms with van der Waals surface area (Å²) in [6.45, 7) is 2.13. The molecule has 0 bridgehead atoms. The van der Waals surface area contributed by atoms with E-state index >= 15 is 0 Å². The molecule has 2 unspecified atom stereocenters. The molecule has 2 aromatic rings. The topological polar surface area (TPSA) is 43.4 Å². The highest BCUT2D eigenvalue weighted by Crippen LogP contribution is 2.27. The van der Waals surface area contributed by atoms with Gasteiger partial charge in [0, 0.05) is 11.0 Å². The largest absolute Gasteiger partial charge is 0.554 e. The quantitative estimate of drug-likeness (QED) is 0.635. The lowest BCUT2D eigenvalue weighted by Crippen LogP contribution is -1.95. The molecule has 5 heteroatoms. The van der Waals surface area contributed by atoms with E-state index < -0.39 is 21.3 Å². The lowest BCUT2D eigenvalue weighted by molar-refractivity contribution is 0.180. The minimum absolute atomic E-state index is 0.270. The molecule has 18 heavy (non-hydrogen) atoms. The molecule has 0 fully saturated rings. The van der Waals surface area contributed by atoms with E-state index in [9.17, 15) is 9.00 Å². The van der Waals surface area contributed by atoms with Crippen molar-refractivity contribution in [1.29, 1.82) is 0 Å². The lowest BCUT2D eigenvalue weighted by Gasteiger charge is -1.96. The van der Waals surface area contributed by atoms with Crippen LogP contribution < -0.4 is 0 Å². The van der Waals surface area contributed by atoms with Crippen LogP contribution in [0.2, 0.25) is 0 Å². The maximum Gasteiger partial charge on any atom is 0.554 e. The van der Waals surface area contributed by atoms with Gasteiger partial charge in [0.05, 0.1) is 27.9 Å². The molecule has 1 heterocycles. The number of ether oxygens (including phenoxy) is 1. The van der Waals surface area contributed by atoms with Crippen molar-refractivity contribution < 1.29 is 13.7 Å². The summed E-state index contributed by atoms with van der Waals surface area (Å²) >= 11 is 0. The van der Waals surface area contributed by atoms with E-state index in [0.717, 1.165) is 4.90 Å². The Morgan fingerprint density at radius 2 is 1.94 bits per heavy atom. The van der Waals surface area contributed by atoms with E-state index in [4.69, 9.17) is 4.74 Å². The van der Waals surface area contributed by atoms with E-state index in [1.54, 1.807) is 23.8 Å². The first-order valence-electron chi connectivity index (χ1n) is 5.48. The zero-order valence-electron chi connectivity index (χ0n) is 9.87. The van der Waals surface area contributed by atoms with Crippen molar-refractivity contribution in [1.82, 2.24) is 0 Å². The summed E-state index contributed by atoms with van der Waals surface area (Å²) in [6, 6.07) is 10.9. The third kappa shape index (κ3) is 2.86. The molecule has 0 saturated heterocycles. The van der Waals surface area contributed by atoms with Crippen molar-refractivity contribution in [2.45, 2.75) is 16.7 Å². The van der Waals surface area contributed by atoms with Gasteiger partial charge in [0.25, 0.3) is 0 Å². The fraction of sp³-hybridized carbons (Fsp3) is 0.154. The molecule has 1 aromatic heterocycles. The van der Waals surface area contributed by atoms with Crippen molar-refractivity contribution >= 4 is 26.6 Å². The van der Waals surface area contributed by atoms with E-state index in [-0.39, 0.29) is 5.30 Å². The van der Waals surface area contributed by atoms with Gasteiger partial charge >= 0.3 is 5.30 Å². The molecule has 0 saturated carbocycles. The highest BCUT2D eigenvalue weighted by atomic mass is 32.2. The molecule has 0 N–H and O–H groups in total. The predicted octanol–water partition coefficient (Wildman–Crippen LogP) is 3.61. The van der Waals surface area contributed by atoms with Crippen LogP contribution in [0.5, 0.6) is 0 Å². The first kappa shape index (κ1) is 13.0. The van der Waals surface area contributed by atoms with Gasteiger partial charge in [-0.05, 0) is 19.1 Å². The third-order valence-electron chi connectivity index (χ3n) is 2.25. The minimum Gasteiger partial charge on any atom is -0.422 e. The first-order chi connectivity index (χ1) is 8.72. The van der Waals surface area contributed by atoms with Gasteiger partial charge in [-0.3, -0.25) is 0 Å². The molecular weight excluding hydrogens is 268 g/mol. The third-order valence-corrected chi connectivity index (χ3v) is 5.22. The fourth-order valence-electron chi connectivity index (χ4n) is 1.42. The van der Waals surface area contributed by atoms with Gasteiger partial charge < -0.3 is 4.74 Å². The number of carbonyl (C=O) groups is 1. The Bertz CT molecular complexity index is 561. The Kier molecular flexibility index (Phi) is 4.28. The lowest BCUT2D eigenvalue weighted by atomic mass is 10.4. The van der Waals surface area contributed by atoms with Crippen LogP contribution in [0.25, 0.3) is 0 Å². The van der Waals surface area contributed by atoms with Crippen LogP contribution in [0.15, 0.2) is 56.9 Å². The van der Waals surface area contributed by atoms with Crippen LogP contribution in [-0.4, -0.2) is 16.1 Å². The summed E-state index contributed by atoms with van der Waals surface area (Å²) in [4.78, 5) is 12.9. The van der Waals surface area contributed by atoms with Crippen molar-refractivity contribution in [3.8, 4) is 0 Å². The normalized spacial score (nSPS) is 13.1. The van der Waals surface area contributed by atoms with Gasteiger partial charge in [-0.2, -0.15) is 4.79 Å². The number of thiophene rings is 1. The number of benzene rings is 1. The van der Waals surface area contributed by atoms with E-state index in [1.165, 1.54) is 0 Å². The van der Waals surface area contributed by atoms with Crippen molar-refractivity contribution in [2.24, 2.45) is 0 Å². The second-order valence-corrected chi connectivity index (χ2v) is 6.52. The van der Waals surface area contributed by atoms with Gasteiger partial charge in [0.15, 0.2) is 10.8 Å². The Morgan fingerprint density at radius 1 is 1.22 bits per heavy atom. The standard InChI is InChI=1S/C13H13O3S2/c1-2-16-13(14)17-9-8-12(10-17)18(15)11-6-4-3-5-7-11/h3-10H,2H2,1H3/q+1. The number of carbonyl (C=O) groups excluding carboxylic acids is 1. The molecule has 0 aliphatic heterocycles. The van der Waals surface area contributed by atoms with Gasteiger partial charge in [-0.25, -0.2) is 4.21 Å². The molecule has 0 radical (unpaired) electrons. The SMILES string of the molecule is CCOC(=O)[s+]1ccc(S(=O)c2ccccc2)c1.